The Balaban J connectivity index is 1.77. The summed E-state index contributed by atoms with van der Waals surface area (Å²) >= 11 is 0. The first-order chi connectivity index (χ1) is 7.68. The Morgan fingerprint density at radius 2 is 2.25 bits per heavy atom. The minimum atomic E-state index is 0.398. The van der Waals surface area contributed by atoms with Crippen LogP contribution in [0.25, 0.3) is 0 Å². The van der Waals surface area contributed by atoms with Crippen LogP contribution in [0.3, 0.4) is 0 Å². The summed E-state index contributed by atoms with van der Waals surface area (Å²) in [5.74, 6) is 1.90. The first-order valence-corrected chi connectivity index (χ1v) is 6.32. The Hall–Kier alpha value is -0.900. The summed E-state index contributed by atoms with van der Waals surface area (Å²) in [5.41, 5.74) is 6.07. The highest BCUT2D eigenvalue weighted by molar-refractivity contribution is 4.89. The van der Waals surface area contributed by atoms with Crippen molar-refractivity contribution in [3.63, 3.8) is 0 Å². The van der Waals surface area contributed by atoms with E-state index in [9.17, 15) is 0 Å². The predicted octanol–water partition coefficient (Wildman–Crippen LogP) is 1.92. The van der Waals surface area contributed by atoms with Crippen molar-refractivity contribution < 1.29 is 0 Å². The van der Waals surface area contributed by atoms with E-state index >= 15 is 0 Å². The second kappa shape index (κ2) is 4.95. The van der Waals surface area contributed by atoms with Gasteiger partial charge < -0.3 is 5.73 Å². The normalized spacial score (nSPS) is 18.0. The number of hydrogen-bond donors (Lipinski definition) is 1. The molecule has 0 bridgehead atoms. The lowest BCUT2D eigenvalue weighted by Crippen LogP contribution is -2.22. The number of nitrogens with two attached hydrogens (primary N) is 1. The SMILES string of the molecule is CC(C)n1ncnc1CCCC(N)C1CC1. The molecule has 1 aliphatic carbocycles. The van der Waals surface area contributed by atoms with Gasteiger partial charge in [0.15, 0.2) is 0 Å². The fourth-order valence-electron chi connectivity index (χ4n) is 2.14. The van der Waals surface area contributed by atoms with Gasteiger partial charge in [-0.2, -0.15) is 5.10 Å². The Morgan fingerprint density at radius 3 is 2.88 bits per heavy atom. The van der Waals surface area contributed by atoms with Crippen LogP contribution in [0.15, 0.2) is 6.33 Å². The zero-order valence-electron chi connectivity index (χ0n) is 10.3. The third kappa shape index (κ3) is 2.82. The van der Waals surface area contributed by atoms with Gasteiger partial charge in [-0.05, 0) is 45.4 Å². The molecule has 1 aromatic rings. The van der Waals surface area contributed by atoms with Crippen molar-refractivity contribution in [3.05, 3.63) is 12.2 Å². The smallest absolute Gasteiger partial charge is 0.138 e. The van der Waals surface area contributed by atoms with Crippen LogP contribution in [-0.4, -0.2) is 20.8 Å². The molecule has 1 aliphatic rings. The van der Waals surface area contributed by atoms with E-state index in [1.54, 1.807) is 6.33 Å². The molecule has 2 N–H and O–H groups in total. The lowest BCUT2D eigenvalue weighted by Gasteiger charge is -2.11. The fourth-order valence-corrected chi connectivity index (χ4v) is 2.14. The highest BCUT2D eigenvalue weighted by Crippen LogP contribution is 2.33. The standard InChI is InChI=1S/C12H22N4/c1-9(2)16-12(14-8-15-16)5-3-4-11(13)10-6-7-10/h8-11H,3-7,13H2,1-2H3. The number of aryl methyl sites for hydroxylation is 1. The molecular weight excluding hydrogens is 200 g/mol. The van der Waals surface area contributed by atoms with Gasteiger partial charge in [0.2, 0.25) is 0 Å². The monoisotopic (exact) mass is 222 g/mol. The summed E-state index contributed by atoms with van der Waals surface area (Å²) in [6.07, 6.45) is 7.57. The summed E-state index contributed by atoms with van der Waals surface area (Å²) < 4.78 is 2.00. The van der Waals surface area contributed by atoms with Crippen LogP contribution < -0.4 is 5.73 Å². The number of hydrogen-bond acceptors (Lipinski definition) is 3. The van der Waals surface area contributed by atoms with Crippen LogP contribution in [0.4, 0.5) is 0 Å². The number of nitrogens with zero attached hydrogens (tertiary/aromatic N) is 3. The van der Waals surface area contributed by atoms with Gasteiger partial charge in [0.1, 0.15) is 12.2 Å². The van der Waals surface area contributed by atoms with Crippen molar-refractivity contribution >= 4 is 0 Å². The molecular formula is C12H22N4. The van der Waals surface area contributed by atoms with Crippen molar-refractivity contribution in [2.75, 3.05) is 0 Å². The van der Waals surface area contributed by atoms with E-state index in [0.29, 0.717) is 12.1 Å². The summed E-state index contributed by atoms with van der Waals surface area (Å²) in [7, 11) is 0. The lowest BCUT2D eigenvalue weighted by molar-refractivity contribution is 0.481. The number of aromatic nitrogens is 3. The number of rotatable bonds is 6. The van der Waals surface area contributed by atoms with Crippen LogP contribution in [0.2, 0.25) is 0 Å². The second-order valence-corrected chi connectivity index (χ2v) is 5.11. The van der Waals surface area contributed by atoms with E-state index in [-0.39, 0.29) is 0 Å². The second-order valence-electron chi connectivity index (χ2n) is 5.11. The van der Waals surface area contributed by atoms with Crippen LogP contribution >= 0.6 is 0 Å². The third-order valence-electron chi connectivity index (χ3n) is 3.30. The summed E-state index contributed by atoms with van der Waals surface area (Å²) in [5, 5.41) is 4.24. The van der Waals surface area contributed by atoms with Crippen molar-refractivity contribution in [2.24, 2.45) is 11.7 Å². The first kappa shape index (κ1) is 11.6. The molecule has 2 rings (SSSR count). The minimum absolute atomic E-state index is 0.398. The Labute approximate surface area is 97.2 Å². The van der Waals surface area contributed by atoms with Crippen molar-refractivity contribution in [1.29, 1.82) is 0 Å². The lowest BCUT2D eigenvalue weighted by atomic mass is 10.1. The molecule has 1 fully saturated rings. The van der Waals surface area contributed by atoms with E-state index in [2.05, 4.69) is 23.9 Å². The molecule has 0 saturated heterocycles. The zero-order valence-corrected chi connectivity index (χ0v) is 10.3. The average Bonchev–Trinajstić information content (AvgIpc) is 2.98. The van der Waals surface area contributed by atoms with Gasteiger partial charge in [-0.3, -0.25) is 0 Å². The van der Waals surface area contributed by atoms with Crippen molar-refractivity contribution in [3.8, 4) is 0 Å². The quantitative estimate of drug-likeness (QED) is 0.800. The molecule has 0 spiro atoms. The highest BCUT2D eigenvalue weighted by Gasteiger charge is 2.27. The van der Waals surface area contributed by atoms with Gasteiger partial charge in [0.05, 0.1) is 0 Å². The molecule has 1 unspecified atom stereocenters. The van der Waals surface area contributed by atoms with Crippen molar-refractivity contribution in [2.45, 2.75) is 58.0 Å². The van der Waals surface area contributed by atoms with E-state index < -0.39 is 0 Å². The minimum Gasteiger partial charge on any atom is -0.327 e. The van der Waals surface area contributed by atoms with Crippen molar-refractivity contribution in [1.82, 2.24) is 14.8 Å². The third-order valence-corrected chi connectivity index (χ3v) is 3.30. The van der Waals surface area contributed by atoms with Gasteiger partial charge in [-0.15, -0.1) is 0 Å². The molecule has 90 valence electrons. The maximum absolute atomic E-state index is 6.07. The average molecular weight is 222 g/mol. The van der Waals surface area contributed by atoms with Crippen LogP contribution in [0.5, 0.6) is 0 Å². The zero-order chi connectivity index (χ0) is 11.5. The molecule has 4 heteroatoms. The highest BCUT2D eigenvalue weighted by atomic mass is 15.3. The molecule has 4 nitrogen and oxygen atoms in total. The fraction of sp³-hybridized carbons (Fsp3) is 0.833. The maximum atomic E-state index is 6.07. The van der Waals surface area contributed by atoms with E-state index in [1.807, 2.05) is 4.68 Å². The van der Waals surface area contributed by atoms with E-state index in [0.717, 1.165) is 31.0 Å². The summed E-state index contributed by atoms with van der Waals surface area (Å²) in [6.45, 7) is 4.27. The summed E-state index contributed by atoms with van der Waals surface area (Å²) in [6, 6.07) is 0.810. The molecule has 1 aromatic heterocycles. The molecule has 0 amide bonds. The molecule has 1 heterocycles. The Morgan fingerprint density at radius 1 is 1.50 bits per heavy atom. The van der Waals surface area contributed by atoms with Crippen LogP contribution in [-0.2, 0) is 6.42 Å². The van der Waals surface area contributed by atoms with E-state index in [1.165, 1.54) is 12.8 Å². The van der Waals surface area contributed by atoms with Gasteiger partial charge in [0.25, 0.3) is 0 Å². The molecule has 0 aliphatic heterocycles. The molecule has 0 aromatic carbocycles. The van der Waals surface area contributed by atoms with Crippen LogP contribution in [0.1, 0.15) is 51.4 Å². The predicted molar refractivity (Wildman–Crippen MR) is 64.0 cm³/mol. The van der Waals surface area contributed by atoms with Gasteiger partial charge in [-0.1, -0.05) is 0 Å². The molecule has 0 radical (unpaired) electrons. The van der Waals surface area contributed by atoms with Gasteiger partial charge in [-0.25, -0.2) is 9.67 Å². The maximum Gasteiger partial charge on any atom is 0.138 e. The summed E-state index contributed by atoms with van der Waals surface area (Å²) in [4.78, 5) is 4.31. The largest absolute Gasteiger partial charge is 0.327 e. The molecule has 1 atom stereocenters. The molecule has 16 heavy (non-hydrogen) atoms. The Kier molecular flexibility index (Phi) is 3.59. The van der Waals surface area contributed by atoms with Gasteiger partial charge in [0, 0.05) is 18.5 Å². The van der Waals surface area contributed by atoms with Gasteiger partial charge >= 0.3 is 0 Å². The van der Waals surface area contributed by atoms with Crippen LogP contribution in [0, 0.1) is 5.92 Å². The Bertz CT molecular complexity index is 328. The molecule has 1 saturated carbocycles. The first-order valence-electron chi connectivity index (χ1n) is 6.32. The van der Waals surface area contributed by atoms with E-state index in [4.69, 9.17) is 5.73 Å². The topological polar surface area (TPSA) is 56.7 Å².